The Morgan fingerprint density at radius 3 is 2.52 bits per heavy atom. The van der Waals surface area contributed by atoms with Crippen molar-refractivity contribution >= 4 is 10.8 Å². The fraction of sp³-hybridized carbons (Fsp3) is 0.273. The fourth-order valence-electron chi connectivity index (χ4n) is 3.55. The number of rotatable bonds is 6. The standard InChI is InChI=1S/C22H23NO2/c1-24-17-9-10-18-19(12-17)16(8-11-22(18)25-2)14-23-21-13-20(21)15-6-4-3-5-7-15/h3-12,20-21,23H,13-14H2,1-2H3/t20-,21+/m0/s1. The molecule has 0 bridgehead atoms. The van der Waals surface area contributed by atoms with E-state index in [-0.39, 0.29) is 0 Å². The van der Waals surface area contributed by atoms with Crippen LogP contribution in [0.25, 0.3) is 10.8 Å². The van der Waals surface area contributed by atoms with E-state index in [2.05, 4.69) is 53.8 Å². The zero-order chi connectivity index (χ0) is 17.2. The number of ether oxygens (including phenoxy) is 2. The molecule has 0 unspecified atom stereocenters. The van der Waals surface area contributed by atoms with E-state index >= 15 is 0 Å². The SMILES string of the molecule is COc1ccc2c(OC)ccc(CN[C@@H]3C[C@H]3c3ccccc3)c2c1. The zero-order valence-corrected chi connectivity index (χ0v) is 14.7. The van der Waals surface area contributed by atoms with Crippen molar-refractivity contribution in [1.82, 2.24) is 5.32 Å². The van der Waals surface area contributed by atoms with Crippen LogP contribution in [-0.2, 0) is 6.54 Å². The minimum atomic E-state index is 0.560. The number of nitrogens with one attached hydrogen (secondary N) is 1. The molecule has 3 aromatic carbocycles. The van der Waals surface area contributed by atoms with Gasteiger partial charge in [-0.2, -0.15) is 0 Å². The van der Waals surface area contributed by atoms with E-state index in [1.54, 1.807) is 14.2 Å². The first-order chi connectivity index (χ1) is 12.3. The molecule has 0 spiro atoms. The quantitative estimate of drug-likeness (QED) is 0.720. The van der Waals surface area contributed by atoms with Crippen LogP contribution >= 0.6 is 0 Å². The van der Waals surface area contributed by atoms with E-state index in [1.165, 1.54) is 22.9 Å². The van der Waals surface area contributed by atoms with Gasteiger partial charge in [0.2, 0.25) is 0 Å². The van der Waals surface area contributed by atoms with Gasteiger partial charge in [-0.25, -0.2) is 0 Å². The third-order valence-corrected chi connectivity index (χ3v) is 5.07. The lowest BCUT2D eigenvalue weighted by Crippen LogP contribution is -2.17. The molecular weight excluding hydrogens is 310 g/mol. The monoisotopic (exact) mass is 333 g/mol. The third-order valence-electron chi connectivity index (χ3n) is 5.07. The Labute approximate surface area is 148 Å². The zero-order valence-electron chi connectivity index (χ0n) is 14.7. The Bertz CT molecular complexity index is 876. The number of hydrogen-bond donors (Lipinski definition) is 1. The van der Waals surface area contributed by atoms with E-state index in [0.29, 0.717) is 12.0 Å². The minimum Gasteiger partial charge on any atom is -0.497 e. The normalized spacial score (nSPS) is 19.0. The van der Waals surface area contributed by atoms with E-state index < -0.39 is 0 Å². The van der Waals surface area contributed by atoms with Gasteiger partial charge in [-0.3, -0.25) is 0 Å². The van der Waals surface area contributed by atoms with Crippen LogP contribution in [0.15, 0.2) is 60.7 Å². The summed E-state index contributed by atoms with van der Waals surface area (Å²) in [6.45, 7) is 0.849. The van der Waals surface area contributed by atoms with Gasteiger partial charge in [0.25, 0.3) is 0 Å². The summed E-state index contributed by atoms with van der Waals surface area (Å²) in [4.78, 5) is 0. The molecule has 3 nitrogen and oxygen atoms in total. The van der Waals surface area contributed by atoms with E-state index in [0.717, 1.165) is 23.4 Å². The number of fused-ring (bicyclic) bond motifs is 1. The molecule has 0 amide bonds. The molecule has 0 radical (unpaired) electrons. The predicted molar refractivity (Wildman–Crippen MR) is 101 cm³/mol. The second-order valence-electron chi connectivity index (χ2n) is 6.58. The van der Waals surface area contributed by atoms with Crippen LogP contribution in [-0.4, -0.2) is 20.3 Å². The largest absolute Gasteiger partial charge is 0.497 e. The van der Waals surface area contributed by atoms with Crippen molar-refractivity contribution < 1.29 is 9.47 Å². The summed E-state index contributed by atoms with van der Waals surface area (Å²) >= 11 is 0. The first kappa shape index (κ1) is 16.0. The summed E-state index contributed by atoms with van der Waals surface area (Å²) in [5, 5.41) is 6.01. The molecule has 1 N–H and O–H groups in total. The van der Waals surface area contributed by atoms with Gasteiger partial charge >= 0.3 is 0 Å². The maximum atomic E-state index is 5.51. The highest BCUT2D eigenvalue weighted by atomic mass is 16.5. The van der Waals surface area contributed by atoms with Gasteiger partial charge in [-0.1, -0.05) is 36.4 Å². The summed E-state index contributed by atoms with van der Waals surface area (Å²) in [7, 11) is 3.42. The molecule has 1 aliphatic carbocycles. The van der Waals surface area contributed by atoms with Crippen LogP contribution in [0, 0.1) is 0 Å². The predicted octanol–water partition coefficient (Wildman–Crippen LogP) is 4.50. The molecule has 0 saturated heterocycles. The van der Waals surface area contributed by atoms with Gasteiger partial charge in [-0.15, -0.1) is 0 Å². The van der Waals surface area contributed by atoms with Gasteiger partial charge < -0.3 is 14.8 Å². The maximum Gasteiger partial charge on any atom is 0.126 e. The van der Waals surface area contributed by atoms with Crippen LogP contribution in [0.5, 0.6) is 11.5 Å². The lowest BCUT2D eigenvalue weighted by atomic mass is 10.0. The lowest BCUT2D eigenvalue weighted by molar-refractivity contribution is 0.414. The Kier molecular flexibility index (Phi) is 4.33. The summed E-state index contributed by atoms with van der Waals surface area (Å²) in [6.07, 6.45) is 1.21. The summed E-state index contributed by atoms with van der Waals surface area (Å²) < 4.78 is 10.9. The Balaban J connectivity index is 1.54. The van der Waals surface area contributed by atoms with Crippen molar-refractivity contribution in [3.8, 4) is 11.5 Å². The molecule has 1 saturated carbocycles. The van der Waals surface area contributed by atoms with Gasteiger partial charge in [-0.05, 0) is 47.2 Å². The minimum absolute atomic E-state index is 0.560. The second-order valence-corrected chi connectivity index (χ2v) is 6.58. The average molecular weight is 333 g/mol. The molecule has 128 valence electrons. The first-order valence-corrected chi connectivity index (χ1v) is 8.72. The number of hydrogen-bond acceptors (Lipinski definition) is 3. The van der Waals surface area contributed by atoms with Crippen LogP contribution in [0.2, 0.25) is 0 Å². The number of benzene rings is 3. The Morgan fingerprint density at radius 2 is 1.76 bits per heavy atom. The summed E-state index contributed by atoms with van der Waals surface area (Å²) in [5.74, 6) is 2.41. The Hall–Kier alpha value is -2.52. The Morgan fingerprint density at radius 1 is 0.920 bits per heavy atom. The molecule has 4 rings (SSSR count). The van der Waals surface area contributed by atoms with Crippen molar-refractivity contribution in [1.29, 1.82) is 0 Å². The maximum absolute atomic E-state index is 5.51. The van der Waals surface area contributed by atoms with Crippen LogP contribution < -0.4 is 14.8 Å². The molecule has 25 heavy (non-hydrogen) atoms. The molecular formula is C22H23NO2. The molecule has 0 heterocycles. The van der Waals surface area contributed by atoms with Crippen LogP contribution in [0.1, 0.15) is 23.5 Å². The molecule has 3 heteroatoms. The lowest BCUT2D eigenvalue weighted by Gasteiger charge is -2.13. The summed E-state index contributed by atoms with van der Waals surface area (Å²) in [5.41, 5.74) is 2.70. The molecule has 0 aromatic heterocycles. The van der Waals surface area contributed by atoms with Gasteiger partial charge in [0.15, 0.2) is 0 Å². The fourth-order valence-corrected chi connectivity index (χ4v) is 3.55. The van der Waals surface area contributed by atoms with E-state index in [4.69, 9.17) is 9.47 Å². The van der Waals surface area contributed by atoms with Gasteiger partial charge in [0.1, 0.15) is 11.5 Å². The second kappa shape index (κ2) is 6.77. The van der Waals surface area contributed by atoms with Gasteiger partial charge in [0, 0.05) is 23.9 Å². The highest BCUT2D eigenvalue weighted by Gasteiger charge is 2.37. The average Bonchev–Trinajstić information content (AvgIpc) is 3.46. The summed E-state index contributed by atoms with van der Waals surface area (Å²) in [6, 6.07) is 21.7. The smallest absolute Gasteiger partial charge is 0.126 e. The highest BCUT2D eigenvalue weighted by Crippen LogP contribution is 2.41. The molecule has 0 aliphatic heterocycles. The van der Waals surface area contributed by atoms with Crippen molar-refractivity contribution in [3.05, 3.63) is 71.8 Å². The van der Waals surface area contributed by atoms with Crippen molar-refractivity contribution in [2.24, 2.45) is 0 Å². The molecule has 1 fully saturated rings. The van der Waals surface area contributed by atoms with Crippen molar-refractivity contribution in [3.63, 3.8) is 0 Å². The molecule has 2 atom stereocenters. The van der Waals surface area contributed by atoms with Crippen LogP contribution in [0.4, 0.5) is 0 Å². The topological polar surface area (TPSA) is 30.5 Å². The van der Waals surface area contributed by atoms with Crippen molar-refractivity contribution in [2.45, 2.75) is 24.9 Å². The first-order valence-electron chi connectivity index (χ1n) is 8.72. The van der Waals surface area contributed by atoms with Gasteiger partial charge in [0.05, 0.1) is 14.2 Å². The van der Waals surface area contributed by atoms with Crippen LogP contribution in [0.3, 0.4) is 0 Å². The highest BCUT2D eigenvalue weighted by molar-refractivity contribution is 5.92. The molecule has 3 aromatic rings. The number of methoxy groups -OCH3 is 2. The molecule has 1 aliphatic rings. The van der Waals surface area contributed by atoms with E-state index in [9.17, 15) is 0 Å². The van der Waals surface area contributed by atoms with Crippen molar-refractivity contribution in [2.75, 3.05) is 14.2 Å². The van der Waals surface area contributed by atoms with E-state index in [1.807, 2.05) is 12.1 Å². The third kappa shape index (κ3) is 3.20.